The van der Waals surface area contributed by atoms with E-state index in [-0.39, 0.29) is 5.82 Å². The maximum Gasteiger partial charge on any atom is 0.142 e. The molecule has 0 atom stereocenters. The lowest BCUT2D eigenvalue weighted by atomic mass is 9.98. The lowest BCUT2D eigenvalue weighted by molar-refractivity contribution is 0.415. The molecular formula is C19H14ClN3O. The third-order valence-electron chi connectivity index (χ3n) is 3.71. The minimum Gasteiger partial charge on any atom is -0.497 e. The summed E-state index contributed by atoms with van der Waals surface area (Å²) in [5, 5.41) is 10.0. The van der Waals surface area contributed by atoms with Crippen molar-refractivity contribution >= 4 is 17.4 Å². The Bertz CT molecular complexity index is 930. The van der Waals surface area contributed by atoms with Crippen LogP contribution >= 0.6 is 11.6 Å². The summed E-state index contributed by atoms with van der Waals surface area (Å²) in [6, 6.07) is 18.8. The molecule has 0 bridgehead atoms. The summed E-state index contributed by atoms with van der Waals surface area (Å²) in [6.45, 7) is 0. The summed E-state index contributed by atoms with van der Waals surface area (Å²) < 4.78 is 5.17. The highest BCUT2D eigenvalue weighted by atomic mass is 35.5. The summed E-state index contributed by atoms with van der Waals surface area (Å²) in [5.74, 6) is 0.937. The minimum atomic E-state index is 0.181. The first-order valence-corrected chi connectivity index (χ1v) is 7.61. The van der Waals surface area contributed by atoms with E-state index in [4.69, 9.17) is 22.1 Å². The molecule has 4 nitrogen and oxygen atoms in total. The van der Waals surface area contributed by atoms with Crippen molar-refractivity contribution < 1.29 is 4.74 Å². The largest absolute Gasteiger partial charge is 0.497 e. The molecule has 0 saturated carbocycles. The summed E-state index contributed by atoms with van der Waals surface area (Å²) in [7, 11) is 1.61. The zero-order valence-electron chi connectivity index (χ0n) is 13.0. The fourth-order valence-electron chi connectivity index (χ4n) is 2.48. The quantitative estimate of drug-likeness (QED) is 0.763. The van der Waals surface area contributed by atoms with Gasteiger partial charge < -0.3 is 10.5 Å². The first-order chi connectivity index (χ1) is 11.6. The Balaban J connectivity index is 2.20. The molecule has 0 unspecified atom stereocenters. The number of pyridine rings is 1. The van der Waals surface area contributed by atoms with Crippen molar-refractivity contribution in [3.8, 4) is 34.2 Å². The van der Waals surface area contributed by atoms with Gasteiger partial charge in [-0.25, -0.2) is 4.98 Å². The molecule has 0 fully saturated rings. The monoisotopic (exact) mass is 335 g/mol. The van der Waals surface area contributed by atoms with E-state index in [2.05, 4.69) is 11.1 Å². The van der Waals surface area contributed by atoms with Gasteiger partial charge in [-0.15, -0.1) is 0 Å². The van der Waals surface area contributed by atoms with Gasteiger partial charge in [0.05, 0.1) is 12.8 Å². The SMILES string of the molecule is COc1ccc(-c2cc(-c3ccccc3Cl)c(C#N)c(N)n2)cc1. The highest BCUT2D eigenvalue weighted by Crippen LogP contribution is 2.35. The summed E-state index contributed by atoms with van der Waals surface area (Å²) >= 11 is 6.29. The molecule has 24 heavy (non-hydrogen) atoms. The van der Waals surface area contributed by atoms with E-state index in [1.165, 1.54) is 0 Å². The van der Waals surface area contributed by atoms with Crippen molar-refractivity contribution in [2.75, 3.05) is 12.8 Å². The second-order valence-corrected chi connectivity index (χ2v) is 5.54. The molecule has 1 heterocycles. The van der Waals surface area contributed by atoms with Crippen LogP contribution in [0.1, 0.15) is 5.56 Å². The summed E-state index contributed by atoms with van der Waals surface area (Å²) in [4.78, 5) is 4.36. The molecule has 0 aliphatic carbocycles. The summed E-state index contributed by atoms with van der Waals surface area (Å²) in [5.41, 5.74) is 9.30. The summed E-state index contributed by atoms with van der Waals surface area (Å²) in [6.07, 6.45) is 0. The van der Waals surface area contributed by atoms with Crippen molar-refractivity contribution in [1.82, 2.24) is 4.98 Å². The van der Waals surface area contributed by atoms with Gasteiger partial charge in [0.1, 0.15) is 23.2 Å². The zero-order valence-corrected chi connectivity index (χ0v) is 13.7. The maximum absolute atomic E-state index is 9.45. The molecular weight excluding hydrogens is 322 g/mol. The minimum absolute atomic E-state index is 0.181. The molecule has 0 amide bonds. The zero-order chi connectivity index (χ0) is 17.1. The molecule has 0 spiro atoms. The Morgan fingerprint density at radius 3 is 2.42 bits per heavy atom. The van der Waals surface area contributed by atoms with E-state index in [1.807, 2.05) is 48.5 Å². The highest BCUT2D eigenvalue weighted by molar-refractivity contribution is 6.33. The lowest BCUT2D eigenvalue weighted by Gasteiger charge is -2.11. The van der Waals surface area contributed by atoms with Crippen LogP contribution in [-0.2, 0) is 0 Å². The molecule has 2 aromatic carbocycles. The average Bonchev–Trinajstić information content (AvgIpc) is 2.61. The number of hydrogen-bond donors (Lipinski definition) is 1. The standard InChI is InChI=1S/C19H14ClN3O/c1-24-13-8-6-12(7-9-13)18-10-15(16(11-21)19(22)23-18)14-4-2-3-5-17(14)20/h2-10H,1H3,(H2,22,23). The molecule has 0 saturated heterocycles. The van der Waals surface area contributed by atoms with E-state index in [1.54, 1.807) is 13.2 Å². The van der Waals surface area contributed by atoms with Crippen LogP contribution in [0.2, 0.25) is 5.02 Å². The fourth-order valence-corrected chi connectivity index (χ4v) is 2.72. The number of nitrogens with two attached hydrogens (primary N) is 1. The number of halogens is 1. The second kappa shape index (κ2) is 6.61. The molecule has 5 heteroatoms. The topological polar surface area (TPSA) is 71.9 Å². The van der Waals surface area contributed by atoms with Crippen molar-refractivity contribution in [2.45, 2.75) is 0 Å². The Labute approximate surface area is 145 Å². The van der Waals surface area contributed by atoms with Gasteiger partial charge in [-0.05, 0) is 36.4 Å². The van der Waals surface area contributed by atoms with E-state index in [0.717, 1.165) is 16.9 Å². The molecule has 3 rings (SSSR count). The first kappa shape index (κ1) is 15.9. The predicted molar refractivity (Wildman–Crippen MR) is 95.8 cm³/mol. The maximum atomic E-state index is 9.45. The van der Waals surface area contributed by atoms with Gasteiger partial charge in [0.2, 0.25) is 0 Å². The normalized spacial score (nSPS) is 10.2. The number of methoxy groups -OCH3 is 1. The van der Waals surface area contributed by atoms with Crippen molar-refractivity contribution in [3.05, 3.63) is 65.2 Å². The third-order valence-corrected chi connectivity index (χ3v) is 4.04. The number of anilines is 1. The number of nitriles is 1. The molecule has 0 radical (unpaired) electrons. The lowest BCUT2D eigenvalue weighted by Crippen LogP contribution is -2.00. The van der Waals surface area contributed by atoms with Crippen LogP contribution in [-0.4, -0.2) is 12.1 Å². The van der Waals surface area contributed by atoms with Gasteiger partial charge >= 0.3 is 0 Å². The smallest absolute Gasteiger partial charge is 0.142 e. The van der Waals surface area contributed by atoms with E-state index < -0.39 is 0 Å². The van der Waals surface area contributed by atoms with Gasteiger partial charge in [-0.2, -0.15) is 5.26 Å². The van der Waals surface area contributed by atoms with Crippen molar-refractivity contribution in [2.24, 2.45) is 0 Å². The van der Waals surface area contributed by atoms with Crippen molar-refractivity contribution in [3.63, 3.8) is 0 Å². The van der Waals surface area contributed by atoms with E-state index >= 15 is 0 Å². The predicted octanol–water partition coefficient (Wildman–Crippen LogP) is 4.53. The molecule has 2 N–H and O–H groups in total. The van der Waals surface area contributed by atoms with Crippen LogP contribution in [0.25, 0.3) is 22.4 Å². The van der Waals surface area contributed by atoms with Gasteiger partial charge in [0.25, 0.3) is 0 Å². The van der Waals surface area contributed by atoms with Crippen LogP contribution in [0.4, 0.5) is 5.82 Å². The van der Waals surface area contributed by atoms with Gasteiger partial charge in [-0.1, -0.05) is 29.8 Å². The van der Waals surface area contributed by atoms with Crippen LogP contribution in [0.5, 0.6) is 5.75 Å². The van der Waals surface area contributed by atoms with Gasteiger partial charge in [0.15, 0.2) is 0 Å². The Hall–Kier alpha value is -3.03. The highest BCUT2D eigenvalue weighted by Gasteiger charge is 2.15. The van der Waals surface area contributed by atoms with Crippen LogP contribution in [0.3, 0.4) is 0 Å². The molecule has 1 aromatic heterocycles. The molecule has 118 valence electrons. The Morgan fingerprint density at radius 2 is 1.79 bits per heavy atom. The van der Waals surface area contributed by atoms with Crippen LogP contribution < -0.4 is 10.5 Å². The van der Waals surface area contributed by atoms with Gasteiger partial charge in [0, 0.05) is 21.7 Å². The number of hydrogen-bond acceptors (Lipinski definition) is 4. The van der Waals surface area contributed by atoms with E-state index in [9.17, 15) is 5.26 Å². The number of nitrogens with zero attached hydrogens (tertiary/aromatic N) is 2. The van der Waals surface area contributed by atoms with Crippen molar-refractivity contribution in [1.29, 1.82) is 5.26 Å². The molecule has 0 aliphatic rings. The average molecular weight is 336 g/mol. The molecule has 3 aromatic rings. The van der Waals surface area contributed by atoms with Crippen LogP contribution in [0, 0.1) is 11.3 Å². The Kier molecular flexibility index (Phi) is 4.37. The second-order valence-electron chi connectivity index (χ2n) is 5.14. The number of rotatable bonds is 3. The number of nitrogen functional groups attached to an aromatic ring is 1. The van der Waals surface area contributed by atoms with E-state index in [0.29, 0.717) is 21.8 Å². The molecule has 0 aliphatic heterocycles. The van der Waals surface area contributed by atoms with Gasteiger partial charge in [-0.3, -0.25) is 0 Å². The first-order valence-electron chi connectivity index (χ1n) is 7.24. The van der Waals surface area contributed by atoms with Crippen LogP contribution in [0.15, 0.2) is 54.6 Å². The number of ether oxygens (including phenoxy) is 1. The third kappa shape index (κ3) is 2.90. The number of benzene rings is 2. The Morgan fingerprint density at radius 1 is 1.08 bits per heavy atom. The fraction of sp³-hybridized carbons (Fsp3) is 0.0526. The number of aromatic nitrogens is 1.